The van der Waals surface area contributed by atoms with Gasteiger partial charge in [0.05, 0.1) is 11.8 Å². The molecule has 3 aliphatic rings. The van der Waals surface area contributed by atoms with Gasteiger partial charge in [0, 0.05) is 15.3 Å². The number of rotatable bonds is 3. The smallest absolute Gasteiger partial charge is 0.244 e. The molecular weight excluding hydrogens is 452 g/mol. The first kappa shape index (κ1) is 17.2. The number of aryl methyl sites for hydroxylation is 1. The Kier molecular flexibility index (Phi) is 4.27. The van der Waals surface area contributed by atoms with E-state index in [-0.39, 0.29) is 57.6 Å². The van der Waals surface area contributed by atoms with Crippen LogP contribution < -0.4 is 5.32 Å². The van der Waals surface area contributed by atoms with Crippen LogP contribution in [0.15, 0.2) is 24.3 Å². The maximum Gasteiger partial charge on any atom is 0.244 e. The lowest BCUT2D eigenvalue weighted by atomic mass is 9.81. The predicted octanol–water partition coefficient (Wildman–Crippen LogP) is 2.71. The number of hydrogen-bond donors (Lipinski definition) is 1. The number of carbonyl (C=O) groups is 3. The van der Waals surface area contributed by atoms with Gasteiger partial charge in [0.25, 0.3) is 0 Å². The average molecular weight is 470 g/mol. The van der Waals surface area contributed by atoms with E-state index in [0.29, 0.717) is 5.69 Å². The zero-order chi connectivity index (χ0) is 17.9. The van der Waals surface area contributed by atoms with E-state index in [1.807, 2.05) is 25.1 Å². The summed E-state index contributed by atoms with van der Waals surface area (Å²) in [4.78, 5) is 39.5. The molecule has 132 valence electrons. The molecule has 1 saturated heterocycles. The molecule has 1 aliphatic heterocycles. The summed E-state index contributed by atoms with van der Waals surface area (Å²) in [6.07, 6.45) is 0.891. The van der Waals surface area contributed by atoms with Gasteiger partial charge >= 0.3 is 0 Å². The molecule has 2 saturated carbocycles. The summed E-state index contributed by atoms with van der Waals surface area (Å²) in [5.74, 6) is -0.934. The molecule has 6 atom stereocenters. The molecule has 0 radical (unpaired) electrons. The second-order valence-corrected chi connectivity index (χ2v) is 9.24. The Bertz CT molecular complexity index is 736. The van der Waals surface area contributed by atoms with Crippen LogP contribution in [0.25, 0.3) is 0 Å². The highest BCUT2D eigenvalue weighted by atomic mass is 79.9. The van der Waals surface area contributed by atoms with Gasteiger partial charge in [0.2, 0.25) is 17.7 Å². The van der Waals surface area contributed by atoms with E-state index in [1.165, 1.54) is 0 Å². The number of nitrogens with one attached hydrogen (secondary N) is 1. The normalized spacial score (nSPS) is 36.0. The molecule has 1 aromatic carbocycles. The Balaban J connectivity index is 1.49. The van der Waals surface area contributed by atoms with Crippen LogP contribution in [0, 0.1) is 30.6 Å². The number of carbonyl (C=O) groups excluding carboxylic acids is 3. The lowest BCUT2D eigenvalue weighted by molar-refractivity contribution is -0.143. The number of fused-ring (bicyclic) bond motifs is 5. The topological polar surface area (TPSA) is 66.5 Å². The molecule has 2 bridgehead atoms. The van der Waals surface area contributed by atoms with Gasteiger partial charge in [0.15, 0.2) is 0 Å². The predicted molar refractivity (Wildman–Crippen MR) is 101 cm³/mol. The van der Waals surface area contributed by atoms with Gasteiger partial charge in [-0.1, -0.05) is 50.1 Å². The highest BCUT2D eigenvalue weighted by Crippen LogP contribution is 2.60. The highest BCUT2D eigenvalue weighted by Gasteiger charge is 2.66. The highest BCUT2D eigenvalue weighted by molar-refractivity contribution is 9.12. The van der Waals surface area contributed by atoms with Crippen LogP contribution >= 0.6 is 31.9 Å². The van der Waals surface area contributed by atoms with E-state index < -0.39 is 0 Å². The first-order valence-corrected chi connectivity index (χ1v) is 10.2. The van der Waals surface area contributed by atoms with Gasteiger partial charge < -0.3 is 5.32 Å². The summed E-state index contributed by atoms with van der Waals surface area (Å²) >= 11 is 7.32. The van der Waals surface area contributed by atoms with Gasteiger partial charge in [-0.05, 0) is 36.8 Å². The van der Waals surface area contributed by atoms with Crippen LogP contribution in [0.3, 0.4) is 0 Å². The molecule has 0 unspecified atom stereocenters. The lowest BCUT2D eigenvalue weighted by Crippen LogP contribution is -2.39. The van der Waals surface area contributed by atoms with Crippen LogP contribution in [-0.2, 0) is 14.4 Å². The first-order valence-electron chi connectivity index (χ1n) is 8.39. The maximum atomic E-state index is 12.8. The van der Waals surface area contributed by atoms with Crippen LogP contribution in [-0.4, -0.2) is 38.8 Å². The summed E-state index contributed by atoms with van der Waals surface area (Å²) in [5, 5.41) is 2.80. The second kappa shape index (κ2) is 6.20. The minimum Gasteiger partial charge on any atom is -0.324 e. The van der Waals surface area contributed by atoms with Crippen molar-refractivity contribution in [3.63, 3.8) is 0 Å². The number of para-hydroxylation sites is 1. The molecule has 7 heteroatoms. The number of benzene rings is 1. The molecule has 1 aromatic rings. The van der Waals surface area contributed by atoms with Crippen molar-refractivity contribution in [2.24, 2.45) is 23.7 Å². The van der Waals surface area contributed by atoms with Crippen LogP contribution in [0.2, 0.25) is 0 Å². The van der Waals surface area contributed by atoms with Crippen molar-refractivity contribution in [1.82, 2.24) is 4.90 Å². The van der Waals surface area contributed by atoms with Crippen molar-refractivity contribution in [3.8, 4) is 0 Å². The van der Waals surface area contributed by atoms with Crippen molar-refractivity contribution in [2.75, 3.05) is 11.9 Å². The summed E-state index contributed by atoms with van der Waals surface area (Å²) in [7, 11) is 0. The van der Waals surface area contributed by atoms with E-state index in [1.54, 1.807) is 6.07 Å². The molecular formula is C18H18Br2N2O3. The average Bonchev–Trinajstić information content (AvgIpc) is 3.17. The Labute approximate surface area is 162 Å². The van der Waals surface area contributed by atoms with Crippen LogP contribution in [0.1, 0.15) is 12.0 Å². The van der Waals surface area contributed by atoms with Crippen molar-refractivity contribution in [1.29, 1.82) is 0 Å². The summed E-state index contributed by atoms with van der Waals surface area (Å²) < 4.78 is 0. The first-order chi connectivity index (χ1) is 11.9. The third-order valence-electron chi connectivity index (χ3n) is 5.80. The number of amides is 3. The van der Waals surface area contributed by atoms with Gasteiger partial charge in [-0.25, -0.2) is 0 Å². The fraction of sp³-hybridized carbons (Fsp3) is 0.500. The molecule has 2 aliphatic carbocycles. The standard InChI is InChI=1S/C18H18Br2N2O3/c1-8-4-2-3-5-11(8)21-12(23)7-22-17(24)13-9-6-10(14(13)18(22)25)16(20)15(9)19/h2-5,9-10,13-16H,6-7H2,1H3,(H,21,23)/t9-,10+,13-,14-,15-,16+/m0/s1. The van der Waals surface area contributed by atoms with E-state index in [9.17, 15) is 14.4 Å². The second-order valence-electron chi connectivity index (χ2n) is 7.13. The minimum absolute atomic E-state index is 0.167. The van der Waals surface area contributed by atoms with E-state index in [4.69, 9.17) is 0 Å². The SMILES string of the molecule is Cc1ccccc1NC(=O)CN1C(=O)[C@H]2[C@@H]3C[C@@H]([C@@H](Br)[C@H]3Br)[C@@H]2C1=O. The fourth-order valence-corrected chi connectivity index (χ4v) is 6.49. The van der Waals surface area contributed by atoms with Crippen LogP contribution in [0.4, 0.5) is 5.69 Å². The molecule has 1 N–H and O–H groups in total. The molecule has 1 heterocycles. The van der Waals surface area contributed by atoms with Crippen LogP contribution in [0.5, 0.6) is 0 Å². The molecule has 0 aromatic heterocycles. The van der Waals surface area contributed by atoms with Crippen molar-refractivity contribution < 1.29 is 14.4 Å². The number of alkyl halides is 2. The maximum absolute atomic E-state index is 12.8. The van der Waals surface area contributed by atoms with Gasteiger partial charge in [-0.2, -0.15) is 0 Å². The monoisotopic (exact) mass is 468 g/mol. The summed E-state index contributed by atoms with van der Waals surface area (Å²) in [6, 6.07) is 7.43. The Hall–Kier alpha value is -1.21. The molecule has 3 amide bonds. The molecule has 0 spiro atoms. The summed E-state index contributed by atoms with van der Waals surface area (Å²) in [5.41, 5.74) is 1.64. The third kappa shape index (κ3) is 2.58. The molecule has 25 heavy (non-hydrogen) atoms. The largest absolute Gasteiger partial charge is 0.324 e. The van der Waals surface area contributed by atoms with Crippen molar-refractivity contribution >= 4 is 55.3 Å². The van der Waals surface area contributed by atoms with Gasteiger partial charge in [-0.15, -0.1) is 0 Å². The van der Waals surface area contributed by atoms with E-state index in [0.717, 1.165) is 16.9 Å². The zero-order valence-corrected chi connectivity index (χ0v) is 16.8. The number of likely N-dealkylation sites (tertiary alicyclic amines) is 1. The van der Waals surface area contributed by atoms with E-state index in [2.05, 4.69) is 37.2 Å². The number of halogens is 2. The van der Waals surface area contributed by atoms with Gasteiger partial charge in [0.1, 0.15) is 6.54 Å². The number of anilines is 1. The fourth-order valence-electron chi connectivity index (χ4n) is 4.61. The van der Waals surface area contributed by atoms with Crippen molar-refractivity contribution in [2.45, 2.75) is 23.0 Å². The Morgan fingerprint density at radius 1 is 1.12 bits per heavy atom. The summed E-state index contributed by atoms with van der Waals surface area (Å²) in [6.45, 7) is 1.69. The van der Waals surface area contributed by atoms with Crippen molar-refractivity contribution in [3.05, 3.63) is 29.8 Å². The minimum atomic E-state index is -0.339. The number of hydrogen-bond acceptors (Lipinski definition) is 3. The number of imide groups is 1. The Morgan fingerprint density at radius 2 is 1.68 bits per heavy atom. The number of nitrogens with zero attached hydrogens (tertiary/aromatic N) is 1. The molecule has 4 rings (SSSR count). The van der Waals surface area contributed by atoms with Gasteiger partial charge in [-0.3, -0.25) is 19.3 Å². The third-order valence-corrected chi connectivity index (χ3v) is 9.01. The zero-order valence-electron chi connectivity index (χ0n) is 13.6. The quantitative estimate of drug-likeness (QED) is 0.546. The molecule has 5 nitrogen and oxygen atoms in total. The lowest BCUT2D eigenvalue weighted by Gasteiger charge is -2.28. The van der Waals surface area contributed by atoms with E-state index >= 15 is 0 Å². The Morgan fingerprint density at radius 3 is 2.24 bits per heavy atom. The molecule has 3 fully saturated rings.